The third-order valence-electron chi connectivity index (χ3n) is 3.86. The zero-order chi connectivity index (χ0) is 8.22. The van der Waals surface area contributed by atoms with Crippen LogP contribution in [0.5, 0.6) is 0 Å². The lowest BCUT2D eigenvalue weighted by Crippen LogP contribution is -2.08. The Labute approximate surface area is 70.4 Å². The highest BCUT2D eigenvalue weighted by molar-refractivity contribution is 5.24. The van der Waals surface area contributed by atoms with Crippen LogP contribution in [0.15, 0.2) is 0 Å². The summed E-state index contributed by atoms with van der Waals surface area (Å²) in [5.74, 6) is 4.34. The highest BCUT2D eigenvalue weighted by Gasteiger charge is 2.77. The molecule has 2 fully saturated rings. The minimum Gasteiger partial charge on any atom is -0.0628 e. The first kappa shape index (κ1) is 7.64. The first-order chi connectivity index (χ1) is 5.05. The first-order valence-corrected chi connectivity index (χ1v) is 5.05. The molecule has 0 bridgehead atoms. The van der Waals surface area contributed by atoms with Gasteiger partial charge in [-0.2, -0.15) is 0 Å². The maximum absolute atomic E-state index is 2.42. The molecule has 0 N–H and O–H groups in total. The van der Waals surface area contributed by atoms with Gasteiger partial charge in [-0.3, -0.25) is 0 Å². The van der Waals surface area contributed by atoms with Gasteiger partial charge in [-0.15, -0.1) is 0 Å². The molecule has 0 aromatic carbocycles. The van der Waals surface area contributed by atoms with Crippen LogP contribution in [0.25, 0.3) is 0 Å². The molecular weight excluding hydrogens is 132 g/mol. The van der Waals surface area contributed by atoms with Crippen molar-refractivity contribution in [1.82, 2.24) is 0 Å². The molecule has 0 heterocycles. The lowest BCUT2D eigenvalue weighted by molar-refractivity contribution is 0.328. The molecule has 0 nitrogen and oxygen atoms in total. The highest BCUT2D eigenvalue weighted by atomic mass is 14.8. The predicted octanol–water partition coefficient (Wildman–Crippen LogP) is 3.32. The fraction of sp³-hybridized carbons (Fsp3) is 1.00. The van der Waals surface area contributed by atoms with E-state index in [0.29, 0.717) is 0 Å². The van der Waals surface area contributed by atoms with Crippen molar-refractivity contribution in [1.29, 1.82) is 0 Å². The summed E-state index contributed by atoms with van der Waals surface area (Å²) in [5.41, 5.74) is 0.766. The number of fused-ring (bicyclic) bond motifs is 1. The van der Waals surface area contributed by atoms with Gasteiger partial charge in [-0.25, -0.2) is 0 Å². The molecule has 0 aromatic heterocycles. The Kier molecular flexibility index (Phi) is 1.41. The van der Waals surface area contributed by atoms with Crippen LogP contribution in [0.1, 0.15) is 40.5 Å². The summed E-state index contributed by atoms with van der Waals surface area (Å²) >= 11 is 0. The molecule has 2 rings (SSSR count). The van der Waals surface area contributed by atoms with Crippen LogP contribution in [0.4, 0.5) is 0 Å². The van der Waals surface area contributed by atoms with E-state index in [-0.39, 0.29) is 0 Å². The summed E-state index contributed by atoms with van der Waals surface area (Å²) in [6, 6.07) is 0. The fourth-order valence-corrected chi connectivity index (χ4v) is 2.96. The Morgan fingerprint density at radius 2 is 1.73 bits per heavy atom. The van der Waals surface area contributed by atoms with Crippen molar-refractivity contribution in [2.24, 2.45) is 29.1 Å². The van der Waals surface area contributed by atoms with Gasteiger partial charge in [0, 0.05) is 0 Å². The highest BCUT2D eigenvalue weighted by Crippen LogP contribution is 2.82. The lowest BCUT2D eigenvalue weighted by atomic mass is 9.88. The van der Waals surface area contributed by atoms with Gasteiger partial charge in [0.05, 0.1) is 0 Å². The maximum Gasteiger partial charge on any atom is -0.0286 e. The summed E-state index contributed by atoms with van der Waals surface area (Å²) < 4.78 is 0. The van der Waals surface area contributed by atoms with Crippen LogP contribution in [0.3, 0.4) is 0 Å². The number of rotatable bonds is 3. The van der Waals surface area contributed by atoms with Crippen molar-refractivity contribution < 1.29 is 0 Å². The van der Waals surface area contributed by atoms with Crippen LogP contribution >= 0.6 is 0 Å². The van der Waals surface area contributed by atoms with Gasteiger partial charge in [0.25, 0.3) is 0 Å². The van der Waals surface area contributed by atoms with Gasteiger partial charge in [0.1, 0.15) is 0 Å². The largest absolute Gasteiger partial charge is 0.0628 e. The summed E-state index contributed by atoms with van der Waals surface area (Å²) in [6.45, 7) is 9.51. The van der Waals surface area contributed by atoms with E-state index >= 15 is 0 Å². The molecule has 11 heavy (non-hydrogen) atoms. The van der Waals surface area contributed by atoms with E-state index in [1.54, 1.807) is 0 Å². The van der Waals surface area contributed by atoms with Crippen LogP contribution in [0, 0.1) is 29.1 Å². The minimum absolute atomic E-state index is 0.766. The molecule has 0 radical (unpaired) electrons. The molecule has 2 aliphatic rings. The standard InChI is InChI=1S/C11H20/c1-7(2)5-6-8-9-10(8)11(9,3)4/h7-10H,5-6H2,1-4H3. The summed E-state index contributed by atoms with van der Waals surface area (Å²) in [5, 5.41) is 0. The number of hydrogen-bond acceptors (Lipinski definition) is 0. The summed E-state index contributed by atoms with van der Waals surface area (Å²) in [4.78, 5) is 0. The molecule has 2 saturated carbocycles. The van der Waals surface area contributed by atoms with Gasteiger partial charge in [0.15, 0.2) is 0 Å². The van der Waals surface area contributed by atoms with Crippen LogP contribution in [-0.4, -0.2) is 0 Å². The Hall–Kier alpha value is 0. The van der Waals surface area contributed by atoms with Gasteiger partial charge in [-0.1, -0.05) is 34.1 Å². The summed E-state index contributed by atoms with van der Waals surface area (Å²) in [7, 11) is 0. The first-order valence-electron chi connectivity index (χ1n) is 5.05. The monoisotopic (exact) mass is 152 g/mol. The van der Waals surface area contributed by atoms with E-state index in [9.17, 15) is 0 Å². The average Bonchev–Trinajstić information content (AvgIpc) is 2.68. The normalized spacial score (nSPS) is 43.9. The maximum atomic E-state index is 2.42. The van der Waals surface area contributed by atoms with Crippen molar-refractivity contribution in [3.8, 4) is 0 Å². The van der Waals surface area contributed by atoms with Crippen molar-refractivity contribution in [2.75, 3.05) is 0 Å². The van der Waals surface area contributed by atoms with Gasteiger partial charge < -0.3 is 0 Å². The van der Waals surface area contributed by atoms with E-state index in [2.05, 4.69) is 27.7 Å². The van der Waals surface area contributed by atoms with E-state index in [1.807, 2.05) is 0 Å². The van der Waals surface area contributed by atoms with Gasteiger partial charge in [-0.05, 0) is 35.5 Å². The van der Waals surface area contributed by atoms with Crippen molar-refractivity contribution in [3.63, 3.8) is 0 Å². The third-order valence-corrected chi connectivity index (χ3v) is 3.86. The molecule has 2 atom stereocenters. The number of hydrogen-bond donors (Lipinski definition) is 0. The molecular formula is C11H20. The zero-order valence-electron chi connectivity index (χ0n) is 8.22. The molecule has 0 saturated heterocycles. The average molecular weight is 152 g/mol. The molecule has 0 aliphatic heterocycles. The van der Waals surface area contributed by atoms with E-state index in [0.717, 1.165) is 29.1 Å². The van der Waals surface area contributed by atoms with E-state index < -0.39 is 0 Å². The van der Waals surface area contributed by atoms with E-state index in [4.69, 9.17) is 0 Å². The van der Waals surface area contributed by atoms with Gasteiger partial charge >= 0.3 is 0 Å². The quantitative estimate of drug-likeness (QED) is 0.582. The molecule has 64 valence electrons. The Morgan fingerprint density at radius 3 is 2.09 bits per heavy atom. The van der Waals surface area contributed by atoms with Crippen LogP contribution < -0.4 is 0 Å². The topological polar surface area (TPSA) is 0 Å². The second-order valence-electron chi connectivity index (χ2n) is 5.51. The fourth-order valence-electron chi connectivity index (χ4n) is 2.96. The molecule has 2 aliphatic carbocycles. The third kappa shape index (κ3) is 1.02. The predicted molar refractivity (Wildman–Crippen MR) is 48.3 cm³/mol. The van der Waals surface area contributed by atoms with Crippen molar-refractivity contribution in [2.45, 2.75) is 40.5 Å². The molecule has 0 aromatic rings. The second-order valence-corrected chi connectivity index (χ2v) is 5.51. The molecule has 0 heteroatoms. The summed E-state index contributed by atoms with van der Waals surface area (Å²) in [6.07, 6.45) is 2.96. The van der Waals surface area contributed by atoms with Gasteiger partial charge in [0.2, 0.25) is 0 Å². The van der Waals surface area contributed by atoms with E-state index in [1.165, 1.54) is 12.8 Å². The SMILES string of the molecule is CC(C)CCC1C2C1C2(C)C. The Morgan fingerprint density at radius 1 is 1.18 bits per heavy atom. The molecule has 0 amide bonds. The van der Waals surface area contributed by atoms with Crippen LogP contribution in [-0.2, 0) is 0 Å². The molecule has 0 spiro atoms. The van der Waals surface area contributed by atoms with Crippen molar-refractivity contribution in [3.05, 3.63) is 0 Å². The van der Waals surface area contributed by atoms with Crippen LogP contribution in [0.2, 0.25) is 0 Å². The smallest absolute Gasteiger partial charge is 0.0286 e. The zero-order valence-corrected chi connectivity index (χ0v) is 8.22. The minimum atomic E-state index is 0.766. The lowest BCUT2D eigenvalue weighted by Gasteiger charge is -2.16. The Bertz CT molecular complexity index is 155. The van der Waals surface area contributed by atoms with Crippen molar-refractivity contribution >= 4 is 0 Å². The second kappa shape index (κ2) is 2.02. The Balaban J connectivity index is 1.66. The molecule has 2 unspecified atom stereocenters.